The molecule has 0 spiro atoms. The second-order valence-electron chi connectivity index (χ2n) is 12.1. The van der Waals surface area contributed by atoms with Crippen molar-refractivity contribution in [3.63, 3.8) is 0 Å². The van der Waals surface area contributed by atoms with Gasteiger partial charge in [-0.25, -0.2) is 0 Å². The minimum atomic E-state index is -0.562. The lowest BCUT2D eigenvalue weighted by Gasteiger charge is -2.44. The van der Waals surface area contributed by atoms with E-state index >= 15 is 0 Å². The van der Waals surface area contributed by atoms with Crippen LogP contribution in [-0.4, -0.2) is 44.8 Å². The zero-order chi connectivity index (χ0) is 23.5. The van der Waals surface area contributed by atoms with Crippen LogP contribution in [0.3, 0.4) is 0 Å². The molecule has 0 amide bonds. The maximum Gasteiger partial charge on any atom is 0.0631 e. The summed E-state index contributed by atoms with van der Waals surface area (Å²) in [6.07, 6.45) is 14.5. The molecule has 3 aliphatic rings. The smallest absolute Gasteiger partial charge is 0.0631 e. The van der Waals surface area contributed by atoms with Crippen molar-refractivity contribution in [2.75, 3.05) is 6.61 Å². The van der Waals surface area contributed by atoms with E-state index in [-0.39, 0.29) is 12.5 Å². The molecule has 3 saturated carbocycles. The van der Waals surface area contributed by atoms with E-state index in [2.05, 4.69) is 26.0 Å². The number of aliphatic hydroxyl groups excluding tert-OH is 3. The van der Waals surface area contributed by atoms with Gasteiger partial charge in [0, 0.05) is 12.5 Å². The van der Waals surface area contributed by atoms with Gasteiger partial charge in [0.25, 0.3) is 0 Å². The first-order chi connectivity index (χ1) is 15.0. The Morgan fingerprint density at radius 3 is 2.44 bits per heavy atom. The van der Waals surface area contributed by atoms with E-state index in [9.17, 15) is 20.4 Å². The van der Waals surface area contributed by atoms with E-state index < -0.39 is 17.8 Å². The fraction of sp³-hybridized carbons (Fsp3) is 0.857. The maximum atomic E-state index is 10.4. The van der Waals surface area contributed by atoms with Gasteiger partial charge in [-0.3, -0.25) is 0 Å². The fourth-order valence-corrected chi connectivity index (χ4v) is 7.35. The van der Waals surface area contributed by atoms with Crippen LogP contribution >= 0.6 is 0 Å². The lowest BCUT2D eigenvalue weighted by atomic mass is 9.60. The minimum absolute atomic E-state index is 0.0134. The normalized spacial score (nSPS) is 38.1. The maximum absolute atomic E-state index is 10.4. The van der Waals surface area contributed by atoms with Crippen LogP contribution in [0.2, 0.25) is 0 Å². The van der Waals surface area contributed by atoms with Crippen molar-refractivity contribution >= 4 is 0 Å². The average Bonchev–Trinajstić information content (AvgIpc) is 3.05. The van der Waals surface area contributed by atoms with Gasteiger partial charge >= 0.3 is 0 Å². The monoisotopic (exact) mass is 448 g/mol. The van der Waals surface area contributed by atoms with Crippen LogP contribution in [0.15, 0.2) is 23.3 Å². The summed E-state index contributed by atoms with van der Waals surface area (Å²) in [4.78, 5) is 0. The van der Waals surface area contributed by atoms with Crippen molar-refractivity contribution in [3.8, 4) is 0 Å². The number of rotatable bonds is 8. The van der Waals surface area contributed by atoms with Gasteiger partial charge in [0.1, 0.15) is 0 Å². The second-order valence-corrected chi connectivity index (χ2v) is 12.1. The van der Waals surface area contributed by atoms with Gasteiger partial charge in [-0.1, -0.05) is 50.0 Å². The molecule has 0 aromatic rings. The molecule has 0 heterocycles. The average molecular weight is 449 g/mol. The third kappa shape index (κ3) is 6.05. The molecule has 4 N–H and O–H groups in total. The van der Waals surface area contributed by atoms with Crippen molar-refractivity contribution in [1.82, 2.24) is 0 Å². The van der Waals surface area contributed by atoms with Gasteiger partial charge < -0.3 is 20.4 Å². The molecule has 0 unspecified atom stereocenters. The van der Waals surface area contributed by atoms with Crippen LogP contribution < -0.4 is 0 Å². The molecule has 32 heavy (non-hydrogen) atoms. The summed E-state index contributed by atoms with van der Waals surface area (Å²) in [5.41, 5.74) is 2.51. The molecule has 0 radical (unpaired) electrons. The van der Waals surface area contributed by atoms with Crippen LogP contribution in [0.5, 0.6) is 0 Å². The zero-order valence-corrected chi connectivity index (χ0v) is 20.9. The topological polar surface area (TPSA) is 80.9 Å². The molecule has 0 aliphatic heterocycles. The number of allylic oxidation sites excluding steroid dienone is 3. The third-order valence-electron chi connectivity index (χ3n) is 9.10. The quantitative estimate of drug-likeness (QED) is 0.414. The molecule has 3 rings (SSSR count). The largest absolute Gasteiger partial charge is 0.396 e. The zero-order valence-electron chi connectivity index (χ0n) is 20.9. The van der Waals surface area contributed by atoms with E-state index in [1.54, 1.807) is 5.57 Å². The lowest BCUT2D eigenvalue weighted by Crippen LogP contribution is -2.37. The predicted molar refractivity (Wildman–Crippen MR) is 130 cm³/mol. The molecule has 3 fully saturated rings. The molecule has 0 saturated heterocycles. The lowest BCUT2D eigenvalue weighted by molar-refractivity contribution is -0.0163. The first kappa shape index (κ1) is 25.9. The summed E-state index contributed by atoms with van der Waals surface area (Å²) in [5, 5.41) is 40.1. The van der Waals surface area contributed by atoms with Gasteiger partial charge in [-0.2, -0.15) is 0 Å². The van der Waals surface area contributed by atoms with Crippen molar-refractivity contribution in [3.05, 3.63) is 23.3 Å². The Bertz CT molecular complexity index is 661. The highest BCUT2D eigenvalue weighted by Gasteiger charge is 2.50. The van der Waals surface area contributed by atoms with E-state index in [1.807, 2.05) is 13.8 Å². The van der Waals surface area contributed by atoms with Crippen LogP contribution in [0.25, 0.3) is 0 Å². The van der Waals surface area contributed by atoms with Crippen LogP contribution in [0.4, 0.5) is 0 Å². The highest BCUT2D eigenvalue weighted by Crippen LogP contribution is 2.60. The van der Waals surface area contributed by atoms with Crippen molar-refractivity contribution in [2.45, 2.75) is 116 Å². The summed E-state index contributed by atoms with van der Waals surface area (Å²) in [6, 6.07) is 0. The fourth-order valence-electron chi connectivity index (χ4n) is 7.35. The highest BCUT2D eigenvalue weighted by atomic mass is 16.3. The van der Waals surface area contributed by atoms with E-state index in [0.717, 1.165) is 24.3 Å². The van der Waals surface area contributed by atoms with Gasteiger partial charge in [-0.15, -0.1) is 0 Å². The number of aliphatic hydroxyl groups is 4. The first-order valence-electron chi connectivity index (χ1n) is 13.1. The standard InChI is InChI=1S/C28H48O4/c1-19(7-5-14-27(2,3)32)23-11-12-24-21(8-6-15-28(23,24)4)10-9-20-17-25(30)22(13-16-29)26(31)18-20/h9-10,19,22-26,29-32H,5-8,11-18H2,1-4H3/b20-9?,21-10+/t19-,22?,23-,24+,25-,26-,28-/m1/s1. The molecular weight excluding hydrogens is 400 g/mol. The molecule has 6 atom stereocenters. The SMILES string of the molecule is C[C@H](CCCC(C)(C)O)[C@H]1CC[C@H]2/C(=C/C=C3C[C@@H](O)C(CCO)[C@H](O)C3)CCC[C@]12C. The highest BCUT2D eigenvalue weighted by molar-refractivity contribution is 5.26. The summed E-state index contributed by atoms with van der Waals surface area (Å²) in [5.74, 6) is 1.88. The number of hydrogen-bond acceptors (Lipinski definition) is 4. The van der Waals surface area contributed by atoms with Gasteiger partial charge in [0.2, 0.25) is 0 Å². The molecule has 0 bridgehead atoms. The minimum Gasteiger partial charge on any atom is -0.396 e. The first-order valence-corrected chi connectivity index (χ1v) is 13.1. The molecular formula is C28H48O4. The Kier molecular flexibility index (Phi) is 8.68. The Morgan fingerprint density at radius 2 is 1.81 bits per heavy atom. The van der Waals surface area contributed by atoms with E-state index in [0.29, 0.717) is 36.5 Å². The molecule has 4 heteroatoms. The molecule has 184 valence electrons. The molecule has 0 aromatic carbocycles. The van der Waals surface area contributed by atoms with Crippen molar-refractivity contribution in [1.29, 1.82) is 0 Å². The number of hydrogen-bond donors (Lipinski definition) is 4. The van der Waals surface area contributed by atoms with Gasteiger partial charge in [0.05, 0.1) is 17.8 Å². The Labute approximate surface area is 195 Å². The van der Waals surface area contributed by atoms with E-state index in [1.165, 1.54) is 38.5 Å². The van der Waals surface area contributed by atoms with Crippen molar-refractivity contribution in [2.24, 2.45) is 29.1 Å². The summed E-state index contributed by atoms with van der Waals surface area (Å²) in [7, 11) is 0. The van der Waals surface area contributed by atoms with Gasteiger partial charge in [0.15, 0.2) is 0 Å². The van der Waals surface area contributed by atoms with Gasteiger partial charge in [-0.05, 0) is 94.8 Å². The molecule has 0 aromatic heterocycles. The second kappa shape index (κ2) is 10.7. The Morgan fingerprint density at radius 1 is 1.12 bits per heavy atom. The predicted octanol–water partition coefficient (Wildman–Crippen LogP) is 5.15. The van der Waals surface area contributed by atoms with Crippen LogP contribution in [-0.2, 0) is 0 Å². The third-order valence-corrected chi connectivity index (χ3v) is 9.10. The summed E-state index contributed by atoms with van der Waals surface area (Å²) < 4.78 is 0. The Balaban J connectivity index is 1.65. The Hall–Kier alpha value is -0.680. The van der Waals surface area contributed by atoms with Crippen LogP contribution in [0, 0.1) is 29.1 Å². The summed E-state index contributed by atoms with van der Waals surface area (Å²) in [6.45, 7) is 8.79. The number of fused-ring (bicyclic) bond motifs is 1. The van der Waals surface area contributed by atoms with Crippen LogP contribution in [0.1, 0.15) is 98.3 Å². The summed E-state index contributed by atoms with van der Waals surface area (Å²) >= 11 is 0. The molecule has 4 nitrogen and oxygen atoms in total. The molecule has 3 aliphatic carbocycles. The van der Waals surface area contributed by atoms with E-state index in [4.69, 9.17) is 0 Å². The van der Waals surface area contributed by atoms with Crippen molar-refractivity contribution < 1.29 is 20.4 Å².